The number of benzene rings is 1. The molecule has 0 saturated carbocycles. The molecule has 0 amide bonds. The number of aromatic amines is 2. The van der Waals surface area contributed by atoms with Gasteiger partial charge in [0.25, 0.3) is 0 Å². The van der Waals surface area contributed by atoms with Crippen LogP contribution in [0.15, 0.2) is 72.6 Å². The topological polar surface area (TPSA) is 99.7 Å². The molecule has 2 heterocycles. The van der Waals surface area contributed by atoms with E-state index >= 15 is 0 Å². The molecular formula is C22H21N5O2. The van der Waals surface area contributed by atoms with Gasteiger partial charge < -0.3 is 9.84 Å². The number of methoxy groups -OCH3 is 1. The van der Waals surface area contributed by atoms with Gasteiger partial charge >= 0.3 is 0 Å². The minimum absolute atomic E-state index is 0.182. The van der Waals surface area contributed by atoms with Crippen LogP contribution in [0, 0.1) is 0 Å². The Morgan fingerprint density at radius 3 is 2.97 bits per heavy atom. The first kappa shape index (κ1) is 18.6. The smallest absolute Gasteiger partial charge is 0.181 e. The fourth-order valence-electron chi connectivity index (χ4n) is 3.15. The number of nitrogens with one attached hydrogen (secondary N) is 2. The second-order valence-electron chi connectivity index (χ2n) is 6.52. The maximum Gasteiger partial charge on any atom is 0.181 e. The third-order valence-corrected chi connectivity index (χ3v) is 4.67. The molecule has 0 radical (unpaired) electrons. The Kier molecular flexibility index (Phi) is 5.22. The molecule has 4 rings (SSSR count). The predicted molar refractivity (Wildman–Crippen MR) is 112 cm³/mol. The Bertz CT molecular complexity index is 1180. The number of allylic oxidation sites excluding steroid dienone is 8. The summed E-state index contributed by atoms with van der Waals surface area (Å²) in [5.74, 6) is 1.79. The first-order chi connectivity index (χ1) is 14.2. The van der Waals surface area contributed by atoms with Crippen LogP contribution in [0.5, 0.6) is 0 Å². The van der Waals surface area contributed by atoms with Crippen molar-refractivity contribution < 1.29 is 9.84 Å². The number of aliphatic hydroxyl groups excluding tert-OH is 1. The Morgan fingerprint density at radius 2 is 2.21 bits per heavy atom. The van der Waals surface area contributed by atoms with Crippen LogP contribution in [0.2, 0.25) is 0 Å². The quantitative estimate of drug-likeness (QED) is 0.558. The van der Waals surface area contributed by atoms with Crippen LogP contribution in [-0.2, 0) is 11.3 Å². The van der Waals surface area contributed by atoms with E-state index in [0.717, 1.165) is 45.5 Å². The van der Waals surface area contributed by atoms with E-state index in [0.29, 0.717) is 11.6 Å². The molecule has 0 fully saturated rings. The van der Waals surface area contributed by atoms with Gasteiger partial charge in [-0.3, -0.25) is 10.2 Å². The molecule has 0 atom stereocenters. The number of aromatic nitrogens is 5. The largest absolute Gasteiger partial charge is 0.497 e. The van der Waals surface area contributed by atoms with Crippen molar-refractivity contribution in [1.29, 1.82) is 0 Å². The van der Waals surface area contributed by atoms with Gasteiger partial charge in [0, 0.05) is 16.5 Å². The molecule has 1 aliphatic rings. The zero-order chi connectivity index (χ0) is 20.2. The average Bonchev–Trinajstić information content (AvgIpc) is 3.41. The molecule has 29 heavy (non-hydrogen) atoms. The van der Waals surface area contributed by atoms with Crippen molar-refractivity contribution in [1.82, 2.24) is 25.4 Å². The van der Waals surface area contributed by atoms with Gasteiger partial charge in [0.2, 0.25) is 0 Å². The molecule has 1 aliphatic carbocycles. The summed E-state index contributed by atoms with van der Waals surface area (Å²) in [7, 11) is 1.66. The first-order valence-corrected chi connectivity index (χ1v) is 9.18. The Morgan fingerprint density at radius 1 is 1.31 bits per heavy atom. The normalized spacial score (nSPS) is 15.7. The molecule has 7 heteroatoms. The Labute approximate surface area is 167 Å². The van der Waals surface area contributed by atoms with E-state index in [1.807, 2.05) is 42.5 Å². The number of ether oxygens (including phenoxy) is 1. The zero-order valence-corrected chi connectivity index (χ0v) is 16.0. The zero-order valence-electron chi connectivity index (χ0n) is 16.0. The molecule has 1 aromatic carbocycles. The fraction of sp³-hybridized carbons (Fsp3) is 0.136. The van der Waals surface area contributed by atoms with Crippen molar-refractivity contribution in [3.63, 3.8) is 0 Å². The molecule has 0 saturated heterocycles. The third kappa shape index (κ3) is 3.81. The number of fused-ring (bicyclic) bond motifs is 1. The van der Waals surface area contributed by atoms with Crippen LogP contribution < -0.4 is 0 Å². The molecule has 3 N–H and O–H groups in total. The van der Waals surface area contributed by atoms with Gasteiger partial charge in [-0.1, -0.05) is 30.9 Å². The molecule has 146 valence electrons. The van der Waals surface area contributed by atoms with Crippen LogP contribution in [-0.4, -0.2) is 37.6 Å². The van der Waals surface area contributed by atoms with E-state index in [1.54, 1.807) is 13.2 Å². The van der Waals surface area contributed by atoms with Crippen molar-refractivity contribution in [3.05, 3.63) is 84.1 Å². The molecule has 0 spiro atoms. The van der Waals surface area contributed by atoms with Crippen LogP contribution in [0.1, 0.15) is 17.9 Å². The minimum Gasteiger partial charge on any atom is -0.497 e. The number of hydrogen-bond acceptors (Lipinski definition) is 5. The van der Waals surface area contributed by atoms with E-state index in [4.69, 9.17) is 4.74 Å². The summed E-state index contributed by atoms with van der Waals surface area (Å²) in [6.07, 6.45) is 12.7. The maximum atomic E-state index is 9.20. The number of H-pyrrole nitrogens is 2. The number of hydrogen-bond donors (Lipinski definition) is 3. The van der Waals surface area contributed by atoms with Crippen LogP contribution >= 0.6 is 0 Å². The number of nitrogens with zero attached hydrogens (tertiary/aromatic N) is 3. The van der Waals surface area contributed by atoms with Gasteiger partial charge in [0.15, 0.2) is 11.6 Å². The highest BCUT2D eigenvalue weighted by atomic mass is 16.5. The Balaban J connectivity index is 1.72. The first-order valence-electron chi connectivity index (χ1n) is 9.18. The number of rotatable bonds is 6. The molecule has 7 nitrogen and oxygen atoms in total. The molecule has 0 bridgehead atoms. The monoisotopic (exact) mass is 387 g/mol. The summed E-state index contributed by atoms with van der Waals surface area (Å²) in [5, 5.41) is 24.6. The average molecular weight is 387 g/mol. The molecular weight excluding hydrogens is 366 g/mol. The molecule has 2 aromatic heterocycles. The summed E-state index contributed by atoms with van der Waals surface area (Å²) < 4.78 is 5.29. The lowest BCUT2D eigenvalue weighted by molar-refractivity contribution is 0.272. The van der Waals surface area contributed by atoms with Crippen LogP contribution in [0.3, 0.4) is 0 Å². The highest BCUT2D eigenvalue weighted by Gasteiger charge is 2.12. The number of aliphatic hydroxyl groups is 1. The van der Waals surface area contributed by atoms with Crippen molar-refractivity contribution in [2.45, 2.75) is 13.0 Å². The van der Waals surface area contributed by atoms with Gasteiger partial charge in [-0.15, -0.1) is 0 Å². The van der Waals surface area contributed by atoms with Crippen molar-refractivity contribution in [3.8, 4) is 11.4 Å². The van der Waals surface area contributed by atoms with Gasteiger partial charge in [-0.05, 0) is 42.3 Å². The summed E-state index contributed by atoms with van der Waals surface area (Å²) >= 11 is 0. The summed E-state index contributed by atoms with van der Waals surface area (Å²) in [5.41, 5.74) is 4.58. The lowest BCUT2D eigenvalue weighted by atomic mass is 10.0. The fourth-order valence-corrected chi connectivity index (χ4v) is 3.15. The van der Waals surface area contributed by atoms with Crippen molar-refractivity contribution in [2.75, 3.05) is 7.11 Å². The standard InChI is InChI=1S/C22H21N5O2/c1-3-15(8-7-14-5-4-6-17(11-14)29-2)21-18-12-16(9-10-19(18)24-26-21)22-23-20(13-28)25-27-22/h3-4,6-12,28H,1,5,13H2,2H3,(H,24,26)(H,23,25,27)/b14-7+,15-8-. The van der Waals surface area contributed by atoms with E-state index < -0.39 is 0 Å². The van der Waals surface area contributed by atoms with Crippen molar-refractivity contribution in [2.24, 2.45) is 0 Å². The maximum absolute atomic E-state index is 9.20. The van der Waals surface area contributed by atoms with E-state index in [2.05, 4.69) is 38.0 Å². The van der Waals surface area contributed by atoms with Crippen LogP contribution in [0.25, 0.3) is 27.9 Å². The SMILES string of the molecule is C=C/C(=C/C=C1/C=C(OC)C=CC1)c1n[nH]c2ccc(-c3n[nH]c(CO)n3)cc12. The second kappa shape index (κ2) is 8.12. The molecule has 3 aromatic rings. The summed E-state index contributed by atoms with van der Waals surface area (Å²) in [6.45, 7) is 3.77. The van der Waals surface area contributed by atoms with Gasteiger partial charge in [-0.25, -0.2) is 4.98 Å². The second-order valence-corrected chi connectivity index (χ2v) is 6.52. The lowest BCUT2D eigenvalue weighted by Crippen LogP contribution is -1.90. The van der Waals surface area contributed by atoms with E-state index in [9.17, 15) is 5.11 Å². The summed E-state index contributed by atoms with van der Waals surface area (Å²) in [4.78, 5) is 4.28. The van der Waals surface area contributed by atoms with Gasteiger partial charge in [0.05, 0.1) is 18.3 Å². The Hall–Kier alpha value is -3.71. The minimum atomic E-state index is -0.182. The predicted octanol–water partition coefficient (Wildman–Crippen LogP) is 3.83. The van der Waals surface area contributed by atoms with Crippen molar-refractivity contribution >= 4 is 16.5 Å². The third-order valence-electron chi connectivity index (χ3n) is 4.67. The van der Waals surface area contributed by atoms with Crippen LogP contribution in [0.4, 0.5) is 0 Å². The summed E-state index contributed by atoms with van der Waals surface area (Å²) in [6, 6.07) is 5.84. The highest BCUT2D eigenvalue weighted by Crippen LogP contribution is 2.28. The van der Waals surface area contributed by atoms with Gasteiger partial charge in [-0.2, -0.15) is 10.2 Å². The van der Waals surface area contributed by atoms with E-state index in [-0.39, 0.29) is 6.61 Å². The highest BCUT2D eigenvalue weighted by molar-refractivity contribution is 5.95. The van der Waals surface area contributed by atoms with Gasteiger partial charge in [0.1, 0.15) is 12.4 Å². The lowest BCUT2D eigenvalue weighted by Gasteiger charge is -2.07. The molecule has 0 aliphatic heterocycles. The van der Waals surface area contributed by atoms with E-state index in [1.165, 1.54) is 0 Å². The molecule has 0 unspecified atom stereocenters.